The quantitative estimate of drug-likeness (QED) is 0.818. The van der Waals surface area contributed by atoms with Gasteiger partial charge in [-0.05, 0) is 36.6 Å². The summed E-state index contributed by atoms with van der Waals surface area (Å²) in [6, 6.07) is 15.4. The molecule has 5 heteroatoms. The first kappa shape index (κ1) is 19.0. The monoisotopic (exact) mass is 366 g/mol. The zero-order valence-corrected chi connectivity index (χ0v) is 16.0. The fourth-order valence-corrected chi connectivity index (χ4v) is 3.44. The molecule has 5 nitrogen and oxygen atoms in total. The van der Waals surface area contributed by atoms with Crippen LogP contribution >= 0.6 is 0 Å². The zero-order valence-electron chi connectivity index (χ0n) is 16.0. The number of carbonyl (C=O) groups is 2. The Morgan fingerprint density at radius 2 is 1.56 bits per heavy atom. The van der Waals surface area contributed by atoms with Gasteiger partial charge in [0.05, 0.1) is 12.7 Å². The van der Waals surface area contributed by atoms with Crippen LogP contribution in [-0.2, 0) is 11.2 Å². The number of carbonyl (C=O) groups excluding carboxylic acids is 2. The van der Waals surface area contributed by atoms with Gasteiger partial charge in [-0.25, -0.2) is 0 Å². The van der Waals surface area contributed by atoms with Crippen molar-refractivity contribution in [2.75, 3.05) is 33.3 Å². The van der Waals surface area contributed by atoms with Gasteiger partial charge in [0, 0.05) is 32.6 Å². The Labute approximate surface area is 160 Å². The van der Waals surface area contributed by atoms with E-state index in [0.29, 0.717) is 43.9 Å². The molecule has 1 fully saturated rings. The zero-order chi connectivity index (χ0) is 19.2. The summed E-state index contributed by atoms with van der Waals surface area (Å²) in [5.74, 6) is 0.696. The van der Waals surface area contributed by atoms with Crippen LogP contribution in [0.5, 0.6) is 5.75 Å². The van der Waals surface area contributed by atoms with E-state index in [-0.39, 0.29) is 11.8 Å². The maximum Gasteiger partial charge on any atom is 0.257 e. The molecule has 2 aromatic rings. The number of rotatable bonds is 5. The fourth-order valence-electron chi connectivity index (χ4n) is 3.44. The Balaban J connectivity index is 1.53. The summed E-state index contributed by atoms with van der Waals surface area (Å²) < 4.78 is 5.29. The summed E-state index contributed by atoms with van der Waals surface area (Å²) in [5, 5.41) is 0. The number of hydrogen-bond acceptors (Lipinski definition) is 3. The van der Waals surface area contributed by atoms with E-state index in [9.17, 15) is 9.59 Å². The van der Waals surface area contributed by atoms with Gasteiger partial charge in [-0.2, -0.15) is 0 Å². The van der Waals surface area contributed by atoms with Gasteiger partial charge in [0.25, 0.3) is 5.91 Å². The highest BCUT2D eigenvalue weighted by Gasteiger charge is 2.26. The third-order valence-corrected chi connectivity index (χ3v) is 5.13. The minimum atomic E-state index is -0.0422. The third-order valence-electron chi connectivity index (χ3n) is 5.13. The van der Waals surface area contributed by atoms with E-state index < -0.39 is 0 Å². The molecule has 0 aliphatic carbocycles. The number of piperazine rings is 1. The van der Waals surface area contributed by atoms with Gasteiger partial charge < -0.3 is 14.5 Å². The summed E-state index contributed by atoms with van der Waals surface area (Å²) in [6.45, 7) is 4.32. The highest BCUT2D eigenvalue weighted by molar-refractivity contribution is 5.97. The van der Waals surface area contributed by atoms with Crippen molar-refractivity contribution in [1.82, 2.24) is 9.80 Å². The average Bonchev–Trinajstić information content (AvgIpc) is 2.72. The topological polar surface area (TPSA) is 49.9 Å². The average molecular weight is 366 g/mol. The van der Waals surface area contributed by atoms with Crippen molar-refractivity contribution in [2.45, 2.75) is 19.8 Å². The number of nitrogens with zero attached hydrogens (tertiary/aromatic N) is 2. The van der Waals surface area contributed by atoms with Crippen LogP contribution in [0, 0.1) is 6.92 Å². The lowest BCUT2D eigenvalue weighted by Gasteiger charge is -2.35. The molecule has 2 aromatic carbocycles. The second kappa shape index (κ2) is 8.71. The molecule has 27 heavy (non-hydrogen) atoms. The van der Waals surface area contributed by atoms with E-state index >= 15 is 0 Å². The van der Waals surface area contributed by atoms with Crippen LogP contribution in [0.1, 0.15) is 27.9 Å². The van der Waals surface area contributed by atoms with Gasteiger partial charge in [0.1, 0.15) is 5.75 Å². The maximum absolute atomic E-state index is 12.7. The van der Waals surface area contributed by atoms with E-state index in [1.165, 1.54) is 11.1 Å². The van der Waals surface area contributed by atoms with E-state index in [0.717, 1.165) is 6.42 Å². The molecular weight excluding hydrogens is 340 g/mol. The lowest BCUT2D eigenvalue weighted by molar-refractivity contribution is -0.132. The van der Waals surface area contributed by atoms with Crippen LogP contribution in [0.25, 0.3) is 0 Å². The summed E-state index contributed by atoms with van der Waals surface area (Å²) in [4.78, 5) is 28.9. The van der Waals surface area contributed by atoms with Gasteiger partial charge in [-0.15, -0.1) is 0 Å². The Hall–Kier alpha value is -2.82. The van der Waals surface area contributed by atoms with Crippen LogP contribution in [0.2, 0.25) is 0 Å². The molecule has 0 radical (unpaired) electrons. The first-order chi connectivity index (χ1) is 13.1. The number of para-hydroxylation sites is 1. The number of ether oxygens (including phenoxy) is 1. The standard InChI is InChI=1S/C22H26N2O3/c1-17-7-3-4-8-18(17)11-12-21(25)23-13-15-24(16-14-23)22(26)19-9-5-6-10-20(19)27-2/h3-10H,11-16H2,1-2H3. The lowest BCUT2D eigenvalue weighted by Crippen LogP contribution is -2.50. The Morgan fingerprint density at radius 3 is 2.26 bits per heavy atom. The smallest absolute Gasteiger partial charge is 0.257 e. The van der Waals surface area contributed by atoms with Crippen LogP contribution in [0.4, 0.5) is 0 Å². The van der Waals surface area contributed by atoms with E-state index in [4.69, 9.17) is 4.74 Å². The predicted octanol–water partition coefficient (Wildman–Crippen LogP) is 2.92. The molecule has 0 atom stereocenters. The van der Waals surface area contributed by atoms with Crippen molar-refractivity contribution in [3.63, 3.8) is 0 Å². The summed E-state index contributed by atoms with van der Waals surface area (Å²) >= 11 is 0. The van der Waals surface area contributed by atoms with Crippen LogP contribution < -0.4 is 4.74 Å². The largest absolute Gasteiger partial charge is 0.496 e. The molecule has 1 aliphatic heterocycles. The molecule has 0 bridgehead atoms. The Kier molecular flexibility index (Phi) is 6.12. The van der Waals surface area contributed by atoms with Crippen LogP contribution in [-0.4, -0.2) is 54.9 Å². The van der Waals surface area contributed by atoms with E-state index in [2.05, 4.69) is 19.1 Å². The minimum Gasteiger partial charge on any atom is -0.496 e. The van der Waals surface area contributed by atoms with Gasteiger partial charge in [0.15, 0.2) is 0 Å². The number of benzene rings is 2. The molecule has 1 heterocycles. The summed E-state index contributed by atoms with van der Waals surface area (Å²) in [6.07, 6.45) is 1.26. The molecule has 0 aromatic heterocycles. The summed E-state index contributed by atoms with van der Waals surface area (Å²) in [5.41, 5.74) is 3.01. The van der Waals surface area contributed by atoms with Gasteiger partial charge in [-0.3, -0.25) is 9.59 Å². The Bertz CT molecular complexity index is 811. The van der Waals surface area contributed by atoms with E-state index in [1.807, 2.05) is 29.2 Å². The van der Waals surface area contributed by atoms with Crippen molar-refractivity contribution in [3.8, 4) is 5.75 Å². The van der Waals surface area contributed by atoms with Gasteiger partial charge in [0.2, 0.25) is 5.91 Å². The van der Waals surface area contributed by atoms with Crippen molar-refractivity contribution in [3.05, 3.63) is 65.2 Å². The lowest BCUT2D eigenvalue weighted by atomic mass is 10.0. The second-order valence-corrected chi connectivity index (χ2v) is 6.80. The first-order valence-electron chi connectivity index (χ1n) is 9.34. The van der Waals surface area contributed by atoms with Crippen molar-refractivity contribution in [1.29, 1.82) is 0 Å². The molecule has 1 saturated heterocycles. The number of hydrogen-bond donors (Lipinski definition) is 0. The molecule has 142 valence electrons. The fraction of sp³-hybridized carbons (Fsp3) is 0.364. The predicted molar refractivity (Wildman–Crippen MR) is 105 cm³/mol. The van der Waals surface area contributed by atoms with Gasteiger partial charge in [-0.1, -0.05) is 36.4 Å². The van der Waals surface area contributed by atoms with Gasteiger partial charge >= 0.3 is 0 Å². The van der Waals surface area contributed by atoms with Crippen molar-refractivity contribution < 1.29 is 14.3 Å². The molecule has 1 aliphatic rings. The molecular formula is C22H26N2O3. The highest BCUT2D eigenvalue weighted by Crippen LogP contribution is 2.20. The second-order valence-electron chi connectivity index (χ2n) is 6.80. The molecule has 3 rings (SSSR count). The molecule has 2 amide bonds. The normalized spacial score (nSPS) is 14.1. The number of amides is 2. The van der Waals surface area contributed by atoms with Crippen molar-refractivity contribution in [2.24, 2.45) is 0 Å². The SMILES string of the molecule is COc1ccccc1C(=O)N1CCN(C(=O)CCc2ccccc2C)CC1. The maximum atomic E-state index is 12.7. The number of methoxy groups -OCH3 is 1. The third kappa shape index (κ3) is 4.48. The Morgan fingerprint density at radius 1 is 0.926 bits per heavy atom. The highest BCUT2D eigenvalue weighted by atomic mass is 16.5. The minimum absolute atomic E-state index is 0.0422. The number of aryl methyl sites for hydroxylation is 2. The first-order valence-corrected chi connectivity index (χ1v) is 9.34. The molecule has 0 unspecified atom stereocenters. The molecule has 0 spiro atoms. The summed E-state index contributed by atoms with van der Waals surface area (Å²) in [7, 11) is 1.57. The van der Waals surface area contributed by atoms with E-state index in [1.54, 1.807) is 24.1 Å². The van der Waals surface area contributed by atoms with Crippen LogP contribution in [0.15, 0.2) is 48.5 Å². The van der Waals surface area contributed by atoms with Crippen molar-refractivity contribution >= 4 is 11.8 Å². The van der Waals surface area contributed by atoms with Crippen LogP contribution in [0.3, 0.4) is 0 Å². The molecule has 0 saturated carbocycles. The molecule has 0 N–H and O–H groups in total.